The molecule has 0 amide bonds. The van der Waals surface area contributed by atoms with Gasteiger partial charge in [0.05, 0.1) is 29.0 Å². The summed E-state index contributed by atoms with van der Waals surface area (Å²) in [6.07, 6.45) is -0.00739. The van der Waals surface area contributed by atoms with Gasteiger partial charge < -0.3 is 9.84 Å². The van der Waals surface area contributed by atoms with Crippen LogP contribution in [0.1, 0.15) is 12.0 Å². The zero-order chi connectivity index (χ0) is 15.4. The Morgan fingerprint density at radius 2 is 2.33 bits per heavy atom. The van der Waals surface area contributed by atoms with Crippen LogP contribution >= 0.6 is 15.9 Å². The topological polar surface area (TPSA) is 92.9 Å². The number of nitro benzene ring substituents is 1. The van der Waals surface area contributed by atoms with Gasteiger partial charge in [0, 0.05) is 25.2 Å². The Labute approximate surface area is 129 Å². The van der Waals surface area contributed by atoms with Gasteiger partial charge in [0.15, 0.2) is 0 Å². The first-order valence-corrected chi connectivity index (χ1v) is 7.23. The molecule has 0 aromatic heterocycles. The van der Waals surface area contributed by atoms with Gasteiger partial charge in [0.2, 0.25) is 0 Å². The molecule has 1 aliphatic rings. The third-order valence-electron chi connectivity index (χ3n) is 3.39. The fraction of sp³-hybridized carbons (Fsp3) is 0.462. The molecular weight excluding hydrogens is 344 g/mol. The zero-order valence-corrected chi connectivity index (χ0v) is 12.8. The van der Waals surface area contributed by atoms with Crippen molar-refractivity contribution in [3.05, 3.63) is 38.3 Å². The minimum atomic E-state index is -0.881. The second-order valence-corrected chi connectivity index (χ2v) is 5.60. The fourth-order valence-corrected chi connectivity index (χ4v) is 2.87. The molecule has 1 heterocycles. The van der Waals surface area contributed by atoms with Crippen LogP contribution in [0, 0.1) is 10.1 Å². The van der Waals surface area contributed by atoms with Gasteiger partial charge in [-0.25, -0.2) is 0 Å². The van der Waals surface area contributed by atoms with E-state index in [1.54, 1.807) is 12.1 Å². The van der Waals surface area contributed by atoms with Crippen LogP contribution in [0.5, 0.6) is 0 Å². The predicted molar refractivity (Wildman–Crippen MR) is 78.1 cm³/mol. The molecule has 0 bridgehead atoms. The molecule has 1 aromatic carbocycles. The number of nitro groups is 1. The smallest absolute Gasteiger partial charge is 0.305 e. The summed E-state index contributed by atoms with van der Waals surface area (Å²) in [7, 11) is 0. The number of benzene rings is 1. The third-order valence-corrected chi connectivity index (χ3v) is 4.30. The molecule has 1 unspecified atom stereocenters. The molecule has 21 heavy (non-hydrogen) atoms. The molecule has 2 rings (SSSR count). The number of carboxylic acid groups (broad SMARTS) is 1. The van der Waals surface area contributed by atoms with Crippen molar-refractivity contribution in [2.75, 3.05) is 19.8 Å². The van der Waals surface area contributed by atoms with Crippen molar-refractivity contribution >= 4 is 27.6 Å². The lowest BCUT2D eigenvalue weighted by molar-refractivity contribution is -0.385. The Balaban J connectivity index is 2.17. The highest BCUT2D eigenvalue weighted by molar-refractivity contribution is 9.10. The zero-order valence-electron chi connectivity index (χ0n) is 11.2. The largest absolute Gasteiger partial charge is 0.481 e. The molecule has 1 N–H and O–H groups in total. The van der Waals surface area contributed by atoms with Crippen molar-refractivity contribution in [3.63, 3.8) is 0 Å². The molecule has 8 heteroatoms. The van der Waals surface area contributed by atoms with Gasteiger partial charge in [-0.05, 0) is 21.5 Å². The van der Waals surface area contributed by atoms with E-state index in [4.69, 9.17) is 9.84 Å². The molecule has 1 aliphatic heterocycles. The first-order chi connectivity index (χ1) is 9.99. The minimum Gasteiger partial charge on any atom is -0.481 e. The lowest BCUT2D eigenvalue weighted by Crippen LogP contribution is -2.45. The average molecular weight is 359 g/mol. The summed E-state index contributed by atoms with van der Waals surface area (Å²) >= 11 is 3.26. The number of hydrogen-bond acceptors (Lipinski definition) is 5. The van der Waals surface area contributed by atoms with Gasteiger partial charge in [0.1, 0.15) is 0 Å². The Bertz CT molecular complexity index is 551. The van der Waals surface area contributed by atoms with Crippen LogP contribution in [0.2, 0.25) is 0 Å². The highest BCUT2D eigenvalue weighted by atomic mass is 79.9. The maximum Gasteiger partial charge on any atom is 0.305 e. The SMILES string of the molecule is O=C(O)CC1COCCN1Cc1cccc([N+](=O)[O-])c1Br. The van der Waals surface area contributed by atoms with Gasteiger partial charge in [-0.2, -0.15) is 0 Å². The summed E-state index contributed by atoms with van der Waals surface area (Å²) in [4.78, 5) is 23.4. The normalized spacial score (nSPS) is 19.4. The first kappa shape index (κ1) is 15.9. The Morgan fingerprint density at radius 1 is 1.57 bits per heavy atom. The molecule has 114 valence electrons. The lowest BCUT2D eigenvalue weighted by atomic mass is 10.1. The van der Waals surface area contributed by atoms with Crippen molar-refractivity contribution in [1.82, 2.24) is 4.90 Å². The van der Waals surface area contributed by atoms with Gasteiger partial charge in [-0.1, -0.05) is 12.1 Å². The van der Waals surface area contributed by atoms with Crippen LogP contribution < -0.4 is 0 Å². The van der Waals surface area contributed by atoms with Crippen LogP contribution in [0.3, 0.4) is 0 Å². The number of nitrogens with zero attached hydrogens (tertiary/aromatic N) is 2. The molecule has 0 spiro atoms. The van der Waals surface area contributed by atoms with Crippen LogP contribution in [0.4, 0.5) is 5.69 Å². The predicted octanol–water partition coefficient (Wildman–Crippen LogP) is 2.03. The van der Waals surface area contributed by atoms with E-state index in [1.165, 1.54) is 6.07 Å². The highest BCUT2D eigenvalue weighted by Gasteiger charge is 2.26. The van der Waals surface area contributed by atoms with E-state index in [1.807, 2.05) is 4.90 Å². The van der Waals surface area contributed by atoms with Crippen LogP contribution in [0.15, 0.2) is 22.7 Å². The first-order valence-electron chi connectivity index (χ1n) is 6.44. The number of aliphatic carboxylic acids is 1. The Hall–Kier alpha value is -1.51. The van der Waals surface area contributed by atoms with Gasteiger partial charge in [0.25, 0.3) is 5.69 Å². The molecule has 1 atom stereocenters. The minimum absolute atomic E-state index is 0.00739. The molecule has 0 aliphatic carbocycles. The van der Waals surface area contributed by atoms with Crippen LogP contribution in [-0.2, 0) is 16.1 Å². The molecule has 1 saturated heterocycles. The van der Waals surface area contributed by atoms with Crippen molar-refractivity contribution in [2.45, 2.75) is 19.0 Å². The molecule has 0 radical (unpaired) electrons. The molecule has 1 fully saturated rings. The maximum atomic E-state index is 10.9. The number of ether oxygens (including phenoxy) is 1. The third kappa shape index (κ3) is 3.99. The van der Waals surface area contributed by atoms with E-state index >= 15 is 0 Å². The monoisotopic (exact) mass is 358 g/mol. The van der Waals surface area contributed by atoms with Crippen LogP contribution in [0.25, 0.3) is 0 Å². The van der Waals surface area contributed by atoms with E-state index in [0.717, 1.165) is 5.56 Å². The molecular formula is C13H15BrN2O5. The summed E-state index contributed by atoms with van der Waals surface area (Å²) in [5, 5.41) is 19.9. The molecule has 0 saturated carbocycles. The maximum absolute atomic E-state index is 10.9. The van der Waals surface area contributed by atoms with Crippen molar-refractivity contribution < 1.29 is 19.6 Å². The van der Waals surface area contributed by atoms with E-state index < -0.39 is 10.9 Å². The fourth-order valence-electron chi connectivity index (χ4n) is 2.34. The Morgan fingerprint density at radius 3 is 3.00 bits per heavy atom. The number of hydrogen-bond donors (Lipinski definition) is 1. The van der Waals surface area contributed by atoms with Crippen LogP contribution in [-0.4, -0.2) is 46.7 Å². The van der Waals surface area contributed by atoms with Gasteiger partial charge >= 0.3 is 5.97 Å². The van der Waals surface area contributed by atoms with Crippen molar-refractivity contribution in [2.24, 2.45) is 0 Å². The summed E-state index contributed by atoms with van der Waals surface area (Å²) in [6, 6.07) is 4.64. The number of halogens is 1. The highest BCUT2D eigenvalue weighted by Crippen LogP contribution is 2.30. The Kier molecular flexibility index (Phi) is 5.27. The van der Waals surface area contributed by atoms with E-state index in [-0.39, 0.29) is 18.2 Å². The second-order valence-electron chi connectivity index (χ2n) is 4.80. The number of carbonyl (C=O) groups is 1. The average Bonchev–Trinajstić information content (AvgIpc) is 2.42. The molecule has 1 aromatic rings. The standard InChI is InChI=1S/C13H15BrN2O5/c14-13-9(2-1-3-11(13)16(19)20)7-15-4-5-21-8-10(15)6-12(17)18/h1-3,10H,4-8H2,(H,17,18). The summed E-state index contributed by atoms with van der Waals surface area (Å²) < 4.78 is 5.76. The lowest BCUT2D eigenvalue weighted by Gasteiger charge is -2.34. The van der Waals surface area contributed by atoms with Crippen molar-refractivity contribution in [3.8, 4) is 0 Å². The number of rotatable bonds is 5. The molecule has 7 nitrogen and oxygen atoms in total. The second kappa shape index (κ2) is 6.97. The van der Waals surface area contributed by atoms with E-state index in [0.29, 0.717) is 30.8 Å². The van der Waals surface area contributed by atoms with Gasteiger partial charge in [-0.3, -0.25) is 19.8 Å². The summed E-state index contributed by atoms with van der Waals surface area (Å²) in [5.41, 5.74) is 0.775. The van der Waals surface area contributed by atoms with Crippen molar-refractivity contribution in [1.29, 1.82) is 0 Å². The summed E-state index contributed by atoms with van der Waals surface area (Å²) in [6.45, 7) is 1.94. The number of morpholine rings is 1. The number of carboxylic acids is 1. The van der Waals surface area contributed by atoms with E-state index in [2.05, 4.69) is 15.9 Å². The quantitative estimate of drug-likeness (QED) is 0.639. The summed E-state index contributed by atoms with van der Waals surface area (Å²) in [5.74, 6) is -0.881. The van der Waals surface area contributed by atoms with Gasteiger partial charge in [-0.15, -0.1) is 0 Å². The van der Waals surface area contributed by atoms with E-state index in [9.17, 15) is 14.9 Å².